The van der Waals surface area contributed by atoms with E-state index in [0.29, 0.717) is 23.7 Å². The fourth-order valence-electron chi connectivity index (χ4n) is 2.50. The molecule has 0 aliphatic carbocycles. The lowest BCUT2D eigenvalue weighted by atomic mass is 10.1. The maximum atomic E-state index is 12.5. The number of hydrogen-bond acceptors (Lipinski definition) is 3. The monoisotopic (exact) mass is 316 g/mol. The Morgan fingerprint density at radius 2 is 2.00 bits per heavy atom. The third-order valence-corrected chi connectivity index (χ3v) is 3.85. The number of carbonyl (C=O) groups is 2. The molecule has 6 nitrogen and oxygen atoms in total. The van der Waals surface area contributed by atoms with Crippen molar-refractivity contribution >= 4 is 22.8 Å². The fourth-order valence-corrected chi connectivity index (χ4v) is 2.50. The van der Waals surface area contributed by atoms with Gasteiger partial charge in [0.05, 0.1) is 11.1 Å². The van der Waals surface area contributed by atoms with Crippen LogP contribution in [0.5, 0.6) is 0 Å². The first kappa shape index (κ1) is 16.7. The van der Waals surface area contributed by atoms with E-state index in [4.69, 9.17) is 0 Å². The van der Waals surface area contributed by atoms with Crippen molar-refractivity contribution in [3.05, 3.63) is 46.2 Å². The zero-order valence-electron chi connectivity index (χ0n) is 13.2. The molecule has 122 valence electrons. The molecule has 1 heterocycles. The quantitative estimate of drug-likeness (QED) is 0.852. The van der Waals surface area contributed by atoms with Crippen LogP contribution in [0.15, 0.2) is 35.1 Å². The molecule has 2 aromatic rings. The minimum absolute atomic E-state index is 0.200. The highest BCUT2D eigenvalue weighted by atomic mass is 16.4. The second-order valence-corrected chi connectivity index (χ2v) is 5.48. The minimum atomic E-state index is -1.07. The van der Waals surface area contributed by atoms with Gasteiger partial charge in [0.15, 0.2) is 0 Å². The molecule has 2 N–H and O–H groups in total. The van der Waals surface area contributed by atoms with Crippen LogP contribution in [0.4, 0.5) is 0 Å². The predicted octanol–water partition coefficient (Wildman–Crippen LogP) is 1.91. The SMILES string of the molecule is CCCC[C@H](NC(=O)c1cc(=O)n(C)c2ccccc12)C(=O)O. The number of carboxylic acids is 1. The molecule has 0 radical (unpaired) electrons. The molecular weight excluding hydrogens is 296 g/mol. The summed E-state index contributed by atoms with van der Waals surface area (Å²) in [6.07, 6.45) is 1.91. The lowest BCUT2D eigenvalue weighted by molar-refractivity contribution is -0.139. The summed E-state index contributed by atoms with van der Waals surface area (Å²) in [5.41, 5.74) is 0.520. The van der Waals surface area contributed by atoms with Crippen LogP contribution >= 0.6 is 0 Å². The molecule has 0 fully saturated rings. The molecule has 0 unspecified atom stereocenters. The zero-order valence-corrected chi connectivity index (χ0v) is 13.2. The van der Waals surface area contributed by atoms with Gasteiger partial charge in [0, 0.05) is 18.5 Å². The topological polar surface area (TPSA) is 88.4 Å². The number of nitrogens with zero attached hydrogens (tertiary/aromatic N) is 1. The van der Waals surface area contributed by atoms with E-state index in [1.807, 2.05) is 6.92 Å². The van der Waals surface area contributed by atoms with Crippen LogP contribution in [0.3, 0.4) is 0 Å². The number of benzene rings is 1. The van der Waals surface area contributed by atoms with Crippen LogP contribution in [0.1, 0.15) is 36.5 Å². The largest absolute Gasteiger partial charge is 0.480 e. The van der Waals surface area contributed by atoms with E-state index in [1.165, 1.54) is 10.6 Å². The van der Waals surface area contributed by atoms with Crippen LogP contribution in [-0.2, 0) is 11.8 Å². The van der Waals surface area contributed by atoms with Crippen LogP contribution in [0.25, 0.3) is 10.9 Å². The number of fused-ring (bicyclic) bond motifs is 1. The summed E-state index contributed by atoms with van der Waals surface area (Å²) < 4.78 is 1.46. The summed E-state index contributed by atoms with van der Waals surface area (Å²) in [6.45, 7) is 1.95. The van der Waals surface area contributed by atoms with Gasteiger partial charge in [-0.1, -0.05) is 38.0 Å². The minimum Gasteiger partial charge on any atom is -0.480 e. The Balaban J connectivity index is 2.39. The van der Waals surface area contributed by atoms with Crippen LogP contribution in [-0.4, -0.2) is 27.6 Å². The molecule has 0 spiro atoms. The van der Waals surface area contributed by atoms with Gasteiger partial charge in [-0.3, -0.25) is 9.59 Å². The number of amides is 1. The summed E-state index contributed by atoms with van der Waals surface area (Å²) in [5.74, 6) is -1.61. The number of unbranched alkanes of at least 4 members (excludes halogenated alkanes) is 1. The highest BCUT2D eigenvalue weighted by Crippen LogP contribution is 2.16. The predicted molar refractivity (Wildman–Crippen MR) is 87.6 cm³/mol. The first-order valence-electron chi connectivity index (χ1n) is 7.58. The molecule has 0 saturated carbocycles. The smallest absolute Gasteiger partial charge is 0.326 e. The van der Waals surface area contributed by atoms with Gasteiger partial charge in [-0.15, -0.1) is 0 Å². The van der Waals surface area contributed by atoms with Crippen molar-refractivity contribution in [1.29, 1.82) is 0 Å². The zero-order chi connectivity index (χ0) is 17.0. The lowest BCUT2D eigenvalue weighted by Crippen LogP contribution is -2.41. The number of carboxylic acid groups (broad SMARTS) is 1. The Morgan fingerprint density at radius 1 is 1.30 bits per heavy atom. The Labute approximate surface area is 133 Å². The highest BCUT2D eigenvalue weighted by Gasteiger charge is 2.21. The van der Waals surface area contributed by atoms with Crippen molar-refractivity contribution in [3.8, 4) is 0 Å². The van der Waals surface area contributed by atoms with Gasteiger partial charge >= 0.3 is 5.97 Å². The summed E-state index contributed by atoms with van der Waals surface area (Å²) in [7, 11) is 1.63. The van der Waals surface area contributed by atoms with Crippen LogP contribution in [0, 0.1) is 0 Å². The summed E-state index contributed by atoms with van der Waals surface area (Å²) in [4.78, 5) is 35.8. The summed E-state index contributed by atoms with van der Waals surface area (Å²) >= 11 is 0. The van der Waals surface area contributed by atoms with Gasteiger partial charge in [-0.25, -0.2) is 4.79 Å². The number of aliphatic carboxylic acids is 1. The number of pyridine rings is 1. The highest BCUT2D eigenvalue weighted by molar-refractivity contribution is 6.07. The van der Waals surface area contributed by atoms with Crippen LogP contribution in [0.2, 0.25) is 0 Å². The molecular formula is C17H20N2O4. The number of aromatic nitrogens is 1. The van der Waals surface area contributed by atoms with Crippen molar-refractivity contribution in [2.75, 3.05) is 0 Å². The Bertz CT molecular complexity index is 795. The number of hydrogen-bond donors (Lipinski definition) is 2. The van der Waals surface area contributed by atoms with Crippen LogP contribution < -0.4 is 10.9 Å². The number of carbonyl (C=O) groups excluding carboxylic acids is 1. The second kappa shape index (κ2) is 7.09. The van der Waals surface area contributed by atoms with E-state index in [-0.39, 0.29) is 11.1 Å². The molecule has 0 aliphatic heterocycles. The maximum absolute atomic E-state index is 12.5. The molecule has 1 amide bonds. The standard InChI is InChI=1S/C17H20N2O4/c1-3-4-8-13(17(22)23)18-16(21)12-10-15(20)19(2)14-9-6-5-7-11(12)14/h5-7,9-10,13H,3-4,8H2,1-2H3,(H,18,21)(H,22,23)/t13-/m0/s1. The normalized spacial score (nSPS) is 12.1. The lowest BCUT2D eigenvalue weighted by Gasteiger charge is -2.15. The average Bonchev–Trinajstić information content (AvgIpc) is 2.54. The number of para-hydroxylation sites is 1. The summed E-state index contributed by atoms with van der Waals surface area (Å²) in [5, 5.41) is 12.4. The molecule has 2 rings (SSSR count). The Morgan fingerprint density at radius 3 is 2.65 bits per heavy atom. The summed E-state index contributed by atoms with van der Waals surface area (Å²) in [6, 6.07) is 7.34. The third kappa shape index (κ3) is 3.59. The van der Waals surface area contributed by atoms with Crippen molar-refractivity contribution in [1.82, 2.24) is 9.88 Å². The van der Waals surface area contributed by atoms with E-state index in [2.05, 4.69) is 5.32 Å². The van der Waals surface area contributed by atoms with Gasteiger partial charge in [0.1, 0.15) is 6.04 Å². The van der Waals surface area contributed by atoms with Crippen molar-refractivity contribution in [2.24, 2.45) is 7.05 Å². The second-order valence-electron chi connectivity index (χ2n) is 5.48. The first-order valence-corrected chi connectivity index (χ1v) is 7.58. The first-order chi connectivity index (χ1) is 11.0. The number of nitrogens with one attached hydrogen (secondary N) is 1. The van der Waals surface area contributed by atoms with Gasteiger partial charge in [-0.2, -0.15) is 0 Å². The van der Waals surface area contributed by atoms with Crippen molar-refractivity contribution < 1.29 is 14.7 Å². The Kier molecular flexibility index (Phi) is 5.16. The molecule has 1 aromatic carbocycles. The van der Waals surface area contributed by atoms with Gasteiger partial charge in [0.2, 0.25) is 0 Å². The van der Waals surface area contributed by atoms with Crippen molar-refractivity contribution in [2.45, 2.75) is 32.2 Å². The average molecular weight is 316 g/mol. The Hall–Kier alpha value is -2.63. The van der Waals surface area contributed by atoms with E-state index < -0.39 is 17.9 Å². The third-order valence-electron chi connectivity index (χ3n) is 3.85. The van der Waals surface area contributed by atoms with E-state index >= 15 is 0 Å². The molecule has 6 heteroatoms. The molecule has 1 aromatic heterocycles. The fraction of sp³-hybridized carbons (Fsp3) is 0.353. The number of aryl methyl sites for hydroxylation is 1. The van der Waals surface area contributed by atoms with Crippen molar-refractivity contribution in [3.63, 3.8) is 0 Å². The molecule has 0 saturated heterocycles. The van der Waals surface area contributed by atoms with Gasteiger partial charge < -0.3 is 15.0 Å². The van der Waals surface area contributed by atoms with E-state index in [1.54, 1.807) is 31.3 Å². The van der Waals surface area contributed by atoms with E-state index in [0.717, 1.165) is 6.42 Å². The number of rotatable bonds is 6. The van der Waals surface area contributed by atoms with Gasteiger partial charge in [-0.05, 0) is 12.5 Å². The van der Waals surface area contributed by atoms with Gasteiger partial charge in [0.25, 0.3) is 11.5 Å². The molecule has 23 heavy (non-hydrogen) atoms. The van der Waals surface area contributed by atoms with E-state index in [9.17, 15) is 19.5 Å². The molecule has 0 bridgehead atoms. The maximum Gasteiger partial charge on any atom is 0.326 e. The molecule has 0 aliphatic rings. The molecule has 1 atom stereocenters.